The molecule has 0 amide bonds. The summed E-state index contributed by atoms with van der Waals surface area (Å²) >= 11 is 5.81. The summed E-state index contributed by atoms with van der Waals surface area (Å²) in [6.07, 6.45) is 2.61. The number of unbranched alkanes of at least 4 members (excludes halogenated alkanes) is 2. The van der Waals surface area contributed by atoms with Gasteiger partial charge in [-0.2, -0.15) is 0 Å². The van der Waals surface area contributed by atoms with Crippen molar-refractivity contribution in [3.8, 4) is 0 Å². The van der Waals surface area contributed by atoms with Gasteiger partial charge in [-0.1, -0.05) is 11.6 Å². The third kappa shape index (κ3) is 5.36. The molecule has 1 rings (SSSR count). The quantitative estimate of drug-likeness (QED) is 0.568. The molecule has 0 fully saturated rings. The lowest BCUT2D eigenvalue weighted by atomic mass is 10.2. The van der Waals surface area contributed by atoms with Crippen LogP contribution in [0.15, 0.2) is 23.1 Å². The highest BCUT2D eigenvalue weighted by molar-refractivity contribution is 7.89. The van der Waals surface area contributed by atoms with E-state index in [1.807, 2.05) is 0 Å². The van der Waals surface area contributed by atoms with Gasteiger partial charge in [-0.15, -0.1) is 0 Å². The number of anilines is 1. The van der Waals surface area contributed by atoms with Gasteiger partial charge in [0.25, 0.3) is 0 Å². The molecule has 1 aromatic rings. The van der Waals surface area contributed by atoms with Gasteiger partial charge >= 0.3 is 0 Å². The van der Waals surface area contributed by atoms with E-state index in [4.69, 9.17) is 22.1 Å². The van der Waals surface area contributed by atoms with Gasteiger partial charge in [0.2, 0.25) is 10.0 Å². The van der Waals surface area contributed by atoms with E-state index >= 15 is 0 Å². The minimum Gasteiger partial charge on any atom is -0.398 e. The number of benzene rings is 1. The Morgan fingerprint density at radius 2 is 2.05 bits per heavy atom. The molecule has 0 aliphatic rings. The lowest BCUT2D eigenvalue weighted by Gasteiger charge is -2.08. The van der Waals surface area contributed by atoms with E-state index in [9.17, 15) is 8.42 Å². The van der Waals surface area contributed by atoms with Gasteiger partial charge in [0, 0.05) is 20.3 Å². The van der Waals surface area contributed by atoms with Crippen LogP contribution in [0, 0.1) is 0 Å². The van der Waals surface area contributed by atoms with Gasteiger partial charge in [0.15, 0.2) is 0 Å². The van der Waals surface area contributed by atoms with Crippen LogP contribution in [0.25, 0.3) is 0 Å². The van der Waals surface area contributed by atoms with E-state index in [2.05, 4.69) is 4.72 Å². The molecule has 19 heavy (non-hydrogen) atoms. The van der Waals surface area contributed by atoms with Crippen LogP contribution in [-0.4, -0.2) is 28.7 Å². The molecule has 0 unspecified atom stereocenters. The van der Waals surface area contributed by atoms with Gasteiger partial charge in [-0.05, 0) is 37.5 Å². The molecule has 0 radical (unpaired) electrons. The molecule has 0 aromatic heterocycles. The molecule has 0 saturated heterocycles. The molecule has 3 N–H and O–H groups in total. The first-order valence-electron chi connectivity index (χ1n) is 6.01. The van der Waals surface area contributed by atoms with Crippen molar-refractivity contribution in [2.75, 3.05) is 26.0 Å². The van der Waals surface area contributed by atoms with Crippen molar-refractivity contribution in [3.63, 3.8) is 0 Å². The van der Waals surface area contributed by atoms with Crippen molar-refractivity contribution in [3.05, 3.63) is 23.2 Å². The third-order valence-corrected chi connectivity index (χ3v) is 4.39. The molecule has 0 saturated carbocycles. The normalized spacial score (nSPS) is 11.7. The predicted molar refractivity (Wildman–Crippen MR) is 76.8 cm³/mol. The Morgan fingerprint density at radius 1 is 1.32 bits per heavy atom. The van der Waals surface area contributed by atoms with Crippen LogP contribution in [0.1, 0.15) is 19.3 Å². The van der Waals surface area contributed by atoms with E-state index in [-0.39, 0.29) is 9.92 Å². The van der Waals surface area contributed by atoms with Gasteiger partial charge < -0.3 is 10.5 Å². The number of nitrogen functional groups attached to an aromatic ring is 1. The van der Waals surface area contributed by atoms with E-state index in [0.29, 0.717) is 18.8 Å². The smallest absolute Gasteiger partial charge is 0.240 e. The molecule has 0 bridgehead atoms. The van der Waals surface area contributed by atoms with Crippen LogP contribution in [-0.2, 0) is 14.8 Å². The van der Waals surface area contributed by atoms with Crippen LogP contribution in [0.4, 0.5) is 5.69 Å². The Balaban J connectivity index is 2.49. The van der Waals surface area contributed by atoms with Crippen LogP contribution in [0.2, 0.25) is 5.02 Å². The van der Waals surface area contributed by atoms with Crippen molar-refractivity contribution in [1.82, 2.24) is 4.72 Å². The van der Waals surface area contributed by atoms with Gasteiger partial charge in [-0.25, -0.2) is 13.1 Å². The minimum atomic E-state index is -3.51. The number of nitrogens with one attached hydrogen (secondary N) is 1. The first kappa shape index (κ1) is 16.2. The van der Waals surface area contributed by atoms with Crippen LogP contribution in [0.3, 0.4) is 0 Å². The van der Waals surface area contributed by atoms with Crippen LogP contribution < -0.4 is 10.5 Å². The summed E-state index contributed by atoms with van der Waals surface area (Å²) in [5.74, 6) is 0. The van der Waals surface area contributed by atoms with E-state index in [0.717, 1.165) is 19.3 Å². The Kier molecular flexibility index (Phi) is 6.57. The second-order valence-corrected chi connectivity index (χ2v) is 6.31. The number of hydrogen-bond acceptors (Lipinski definition) is 4. The zero-order chi connectivity index (χ0) is 14.3. The average Bonchev–Trinajstić information content (AvgIpc) is 2.36. The van der Waals surface area contributed by atoms with Crippen molar-refractivity contribution in [2.24, 2.45) is 0 Å². The number of rotatable bonds is 8. The second-order valence-electron chi connectivity index (χ2n) is 4.13. The molecule has 108 valence electrons. The van der Waals surface area contributed by atoms with Crippen molar-refractivity contribution in [1.29, 1.82) is 0 Å². The average molecular weight is 307 g/mol. The molecule has 1 aromatic carbocycles. The molecular formula is C12H19ClN2O3S. The zero-order valence-corrected chi connectivity index (χ0v) is 12.4. The zero-order valence-electron chi connectivity index (χ0n) is 10.9. The summed E-state index contributed by atoms with van der Waals surface area (Å²) in [5.41, 5.74) is 5.90. The molecular weight excluding hydrogens is 288 g/mol. The molecule has 0 aliphatic carbocycles. The topological polar surface area (TPSA) is 81.4 Å². The van der Waals surface area contributed by atoms with Crippen molar-refractivity contribution in [2.45, 2.75) is 24.2 Å². The third-order valence-electron chi connectivity index (χ3n) is 2.60. The van der Waals surface area contributed by atoms with E-state index < -0.39 is 10.0 Å². The van der Waals surface area contributed by atoms with E-state index in [1.165, 1.54) is 18.2 Å². The standard InChI is InChI=1S/C12H19ClN2O3S/c1-18-8-4-2-3-7-15-19(16,17)10-5-6-12(14)11(13)9-10/h5-6,9,15H,2-4,7-8,14H2,1H3. The molecule has 7 heteroatoms. The van der Waals surface area contributed by atoms with Gasteiger partial charge in [0.1, 0.15) is 0 Å². The summed E-state index contributed by atoms with van der Waals surface area (Å²) in [6.45, 7) is 1.09. The summed E-state index contributed by atoms with van der Waals surface area (Å²) in [5, 5.41) is 0.239. The van der Waals surface area contributed by atoms with Crippen LogP contribution in [0.5, 0.6) is 0 Å². The first-order valence-corrected chi connectivity index (χ1v) is 7.87. The van der Waals surface area contributed by atoms with Crippen molar-refractivity contribution < 1.29 is 13.2 Å². The first-order chi connectivity index (χ1) is 8.97. The maximum atomic E-state index is 11.9. The van der Waals surface area contributed by atoms with E-state index in [1.54, 1.807) is 7.11 Å². The monoisotopic (exact) mass is 306 g/mol. The summed E-state index contributed by atoms with van der Waals surface area (Å²) in [7, 11) is -1.87. The number of halogens is 1. The Labute approximate surface area is 119 Å². The number of methoxy groups -OCH3 is 1. The molecule has 0 aliphatic heterocycles. The van der Waals surface area contributed by atoms with Gasteiger partial charge in [0.05, 0.1) is 15.6 Å². The molecule has 0 spiro atoms. The summed E-state index contributed by atoms with van der Waals surface area (Å²) in [4.78, 5) is 0.128. The maximum Gasteiger partial charge on any atom is 0.240 e. The fourth-order valence-electron chi connectivity index (χ4n) is 1.51. The van der Waals surface area contributed by atoms with Gasteiger partial charge in [-0.3, -0.25) is 0 Å². The highest BCUT2D eigenvalue weighted by Gasteiger charge is 2.14. The lowest BCUT2D eigenvalue weighted by Crippen LogP contribution is -2.24. The second kappa shape index (κ2) is 7.69. The minimum absolute atomic E-state index is 0.128. The number of sulfonamides is 1. The lowest BCUT2D eigenvalue weighted by molar-refractivity contribution is 0.192. The Bertz CT molecular complexity index is 506. The predicted octanol–water partition coefficient (Wildman–Crippen LogP) is 2.02. The summed E-state index contributed by atoms with van der Waals surface area (Å²) < 4.78 is 31.3. The number of ether oxygens (including phenoxy) is 1. The fraction of sp³-hybridized carbons (Fsp3) is 0.500. The molecule has 0 heterocycles. The summed E-state index contributed by atoms with van der Waals surface area (Å²) in [6, 6.07) is 4.27. The largest absolute Gasteiger partial charge is 0.398 e. The van der Waals surface area contributed by atoms with Crippen molar-refractivity contribution >= 4 is 27.3 Å². The van der Waals surface area contributed by atoms with Crippen LogP contribution >= 0.6 is 11.6 Å². The molecule has 5 nitrogen and oxygen atoms in total. The highest BCUT2D eigenvalue weighted by Crippen LogP contribution is 2.22. The SMILES string of the molecule is COCCCCCNS(=O)(=O)c1ccc(N)c(Cl)c1. The molecule has 0 atom stereocenters. The Hall–Kier alpha value is -0.820. The fourth-order valence-corrected chi connectivity index (χ4v) is 2.86. The number of nitrogens with two attached hydrogens (primary N) is 1. The number of hydrogen-bond donors (Lipinski definition) is 2. The highest BCUT2D eigenvalue weighted by atomic mass is 35.5. The Morgan fingerprint density at radius 3 is 2.68 bits per heavy atom. The maximum absolute atomic E-state index is 11.9.